The molecule has 188 valence electrons. The number of halogens is 4. The van der Waals surface area contributed by atoms with Crippen molar-refractivity contribution < 1.29 is 22.3 Å². The van der Waals surface area contributed by atoms with E-state index in [1.54, 1.807) is 29.8 Å². The number of hydrogen-bond acceptors (Lipinski definition) is 5. The predicted molar refractivity (Wildman–Crippen MR) is 129 cm³/mol. The molecule has 6 rings (SSSR count). The number of ether oxygens (including phenoxy) is 1. The molecule has 0 amide bonds. The lowest BCUT2D eigenvalue weighted by Gasteiger charge is -2.53. The van der Waals surface area contributed by atoms with Gasteiger partial charge in [0, 0.05) is 61.1 Å². The van der Waals surface area contributed by atoms with Crippen molar-refractivity contribution in [2.75, 3.05) is 36.5 Å². The van der Waals surface area contributed by atoms with Crippen LogP contribution >= 0.6 is 0 Å². The van der Waals surface area contributed by atoms with Crippen molar-refractivity contribution in [3.8, 4) is 0 Å². The van der Waals surface area contributed by atoms with Gasteiger partial charge < -0.3 is 15.0 Å². The molecule has 2 aromatic heterocycles. The summed E-state index contributed by atoms with van der Waals surface area (Å²) in [4.78, 5) is 10.8. The number of nitrogens with zero attached hydrogens (tertiary/aromatic N) is 4. The number of aromatic nitrogens is 3. The van der Waals surface area contributed by atoms with Gasteiger partial charge >= 0.3 is 0 Å². The van der Waals surface area contributed by atoms with Gasteiger partial charge in [-0.05, 0) is 25.8 Å². The Labute approximate surface area is 204 Å². The maximum atomic E-state index is 15.4. The molecule has 4 heterocycles. The highest BCUT2D eigenvalue weighted by Gasteiger charge is 2.44. The van der Waals surface area contributed by atoms with Crippen molar-refractivity contribution >= 4 is 28.2 Å². The molecule has 0 bridgehead atoms. The molecule has 1 spiro atoms. The minimum atomic E-state index is -2.92. The van der Waals surface area contributed by atoms with Gasteiger partial charge in [-0.25, -0.2) is 22.5 Å². The normalized spacial score (nSPS) is 18.2. The van der Waals surface area contributed by atoms with E-state index >= 15 is 4.39 Å². The van der Waals surface area contributed by atoms with Crippen LogP contribution in [0.3, 0.4) is 0 Å². The zero-order valence-corrected chi connectivity index (χ0v) is 19.6. The summed E-state index contributed by atoms with van der Waals surface area (Å²) >= 11 is 0. The summed E-state index contributed by atoms with van der Waals surface area (Å²) in [5, 5.41) is 3.79. The Morgan fingerprint density at radius 1 is 1.08 bits per heavy atom. The average molecular weight is 500 g/mol. The number of benzene rings is 2. The maximum Gasteiger partial charge on any atom is 0.266 e. The summed E-state index contributed by atoms with van der Waals surface area (Å²) in [7, 11) is 0. The predicted octanol–water partition coefficient (Wildman–Crippen LogP) is 5.89. The average Bonchev–Trinajstić information content (AvgIpc) is 3.31. The van der Waals surface area contributed by atoms with E-state index in [2.05, 4.69) is 15.3 Å². The van der Waals surface area contributed by atoms with E-state index in [4.69, 9.17) is 4.74 Å². The van der Waals surface area contributed by atoms with Gasteiger partial charge in [0.15, 0.2) is 0 Å². The molecule has 0 saturated carbocycles. The van der Waals surface area contributed by atoms with Gasteiger partial charge in [0.05, 0.1) is 22.8 Å². The number of rotatable bonds is 5. The van der Waals surface area contributed by atoms with Crippen LogP contribution in [0.25, 0.3) is 16.7 Å². The van der Waals surface area contributed by atoms with E-state index < -0.39 is 23.8 Å². The van der Waals surface area contributed by atoms with E-state index in [1.807, 2.05) is 4.90 Å². The fourth-order valence-corrected chi connectivity index (χ4v) is 5.43. The van der Waals surface area contributed by atoms with E-state index in [0.29, 0.717) is 28.2 Å². The molecule has 36 heavy (non-hydrogen) atoms. The summed E-state index contributed by atoms with van der Waals surface area (Å²) in [5.41, 5.74) is 0.637. The lowest BCUT2D eigenvalue weighted by molar-refractivity contribution is -0.000378. The first-order valence-corrected chi connectivity index (χ1v) is 12.0. The smallest absolute Gasteiger partial charge is 0.266 e. The van der Waals surface area contributed by atoms with Crippen molar-refractivity contribution in [1.29, 1.82) is 0 Å². The van der Waals surface area contributed by atoms with Crippen LogP contribution in [0.5, 0.6) is 0 Å². The number of anilines is 2. The minimum absolute atomic E-state index is 0.0949. The van der Waals surface area contributed by atoms with Crippen LogP contribution in [-0.2, 0) is 4.74 Å². The largest absolute Gasteiger partial charge is 0.381 e. The van der Waals surface area contributed by atoms with Crippen molar-refractivity contribution in [2.45, 2.75) is 32.2 Å². The highest BCUT2D eigenvalue weighted by molar-refractivity contribution is 5.94. The molecule has 6 nitrogen and oxygen atoms in total. The summed E-state index contributed by atoms with van der Waals surface area (Å²) in [6.07, 6.45) is 2.27. The molecule has 2 aromatic carbocycles. The quantitative estimate of drug-likeness (QED) is 0.347. The van der Waals surface area contributed by atoms with Crippen molar-refractivity contribution in [1.82, 2.24) is 14.4 Å². The third-order valence-electron chi connectivity index (χ3n) is 7.47. The lowest BCUT2D eigenvalue weighted by Crippen LogP contribution is -2.58. The van der Waals surface area contributed by atoms with Crippen molar-refractivity contribution in [3.63, 3.8) is 0 Å². The van der Waals surface area contributed by atoms with Crippen LogP contribution in [0.1, 0.15) is 43.4 Å². The highest BCUT2D eigenvalue weighted by atomic mass is 19.3. The van der Waals surface area contributed by atoms with Crippen LogP contribution in [0.15, 0.2) is 42.7 Å². The SMILES string of the molecule is CC(Nc1nc2nccn2c2cc(F)c(N3CC4(CCOCC4)C3)cc12)c1cccc(C(F)F)c1F. The van der Waals surface area contributed by atoms with Gasteiger partial charge in [-0.15, -0.1) is 0 Å². The molecule has 1 unspecified atom stereocenters. The maximum absolute atomic E-state index is 15.4. The first-order valence-electron chi connectivity index (χ1n) is 12.0. The van der Waals surface area contributed by atoms with Crippen LogP contribution in [0.4, 0.5) is 29.1 Å². The summed E-state index contributed by atoms with van der Waals surface area (Å²) in [6, 6.07) is 6.49. The lowest BCUT2D eigenvalue weighted by atomic mass is 9.73. The second-order valence-electron chi connectivity index (χ2n) is 9.76. The van der Waals surface area contributed by atoms with Gasteiger partial charge in [-0.1, -0.05) is 18.2 Å². The summed E-state index contributed by atoms with van der Waals surface area (Å²) in [6.45, 7) is 4.64. The molecule has 2 aliphatic rings. The molecule has 1 atom stereocenters. The van der Waals surface area contributed by atoms with Crippen molar-refractivity contribution in [3.05, 3.63) is 65.5 Å². The van der Waals surface area contributed by atoms with Crippen LogP contribution in [-0.4, -0.2) is 40.7 Å². The Kier molecular flexibility index (Phi) is 5.51. The number of fused-ring (bicyclic) bond motifs is 3. The van der Waals surface area contributed by atoms with E-state index in [0.717, 1.165) is 45.2 Å². The third-order valence-corrected chi connectivity index (χ3v) is 7.47. The highest BCUT2D eigenvalue weighted by Crippen LogP contribution is 2.44. The topological polar surface area (TPSA) is 54.7 Å². The van der Waals surface area contributed by atoms with Crippen LogP contribution in [0, 0.1) is 17.0 Å². The Morgan fingerprint density at radius 3 is 2.58 bits per heavy atom. The third kappa shape index (κ3) is 3.75. The molecular weight excluding hydrogens is 474 g/mol. The van der Waals surface area contributed by atoms with Crippen LogP contribution in [0.2, 0.25) is 0 Å². The van der Waals surface area contributed by atoms with Gasteiger partial charge in [0.1, 0.15) is 17.5 Å². The molecular formula is C26H25F4N5O. The summed E-state index contributed by atoms with van der Waals surface area (Å²) < 4.78 is 63.8. The van der Waals surface area contributed by atoms with Gasteiger partial charge in [-0.3, -0.25) is 4.40 Å². The zero-order valence-electron chi connectivity index (χ0n) is 19.6. The summed E-state index contributed by atoms with van der Waals surface area (Å²) in [5.74, 6) is -0.579. The molecule has 0 radical (unpaired) electrons. The fourth-order valence-electron chi connectivity index (χ4n) is 5.43. The van der Waals surface area contributed by atoms with Crippen molar-refractivity contribution in [2.24, 2.45) is 5.41 Å². The number of alkyl halides is 2. The Morgan fingerprint density at radius 2 is 1.83 bits per heavy atom. The Bertz CT molecular complexity index is 1440. The van der Waals surface area contributed by atoms with Crippen LogP contribution < -0.4 is 10.2 Å². The minimum Gasteiger partial charge on any atom is -0.381 e. The van der Waals surface area contributed by atoms with E-state index in [1.165, 1.54) is 18.2 Å². The van der Waals surface area contributed by atoms with Gasteiger partial charge in [-0.2, -0.15) is 4.98 Å². The van der Waals surface area contributed by atoms with Gasteiger partial charge in [0.25, 0.3) is 6.43 Å². The molecule has 0 aliphatic carbocycles. The molecule has 10 heteroatoms. The second kappa shape index (κ2) is 8.62. The number of nitrogens with one attached hydrogen (secondary N) is 1. The second-order valence-corrected chi connectivity index (χ2v) is 9.76. The van der Waals surface area contributed by atoms with E-state index in [9.17, 15) is 13.2 Å². The zero-order chi connectivity index (χ0) is 25.0. The Balaban J connectivity index is 1.39. The molecule has 2 saturated heterocycles. The molecule has 4 aromatic rings. The van der Waals surface area contributed by atoms with E-state index in [-0.39, 0.29) is 16.8 Å². The molecule has 1 N–H and O–H groups in total. The van der Waals surface area contributed by atoms with Gasteiger partial charge in [0.2, 0.25) is 5.78 Å². The first-order chi connectivity index (χ1) is 17.3. The standard InChI is InChI=1S/C26H25F4N5O/c1-15(16-3-2-4-17(22(16)28)23(29)30)32-24-18-11-21(34-13-26(14-34)5-9-36-10-6-26)19(27)12-20(18)35-8-7-31-25(35)33-24/h2-4,7-8,11-12,15,23H,5-6,9-10,13-14H2,1H3,(H,31,32,33). The number of hydrogen-bond donors (Lipinski definition) is 1. The molecule has 2 aliphatic heterocycles. The first kappa shape index (κ1) is 23.0. The fraction of sp³-hybridized carbons (Fsp3) is 0.385. The molecule has 2 fully saturated rings. The monoisotopic (exact) mass is 499 g/mol. The number of imidazole rings is 1. The Hall–Kier alpha value is -3.40.